The molecule has 5 heteroatoms. The second-order valence-electron chi connectivity index (χ2n) is 4.20. The number of hydrogen-bond donors (Lipinski definition) is 0. The zero-order chi connectivity index (χ0) is 14.3. The first-order valence-corrected chi connectivity index (χ1v) is 6.91. The molecule has 0 aliphatic heterocycles. The number of rotatable bonds is 2. The number of ketones is 1. The minimum absolute atomic E-state index is 0.0789. The second-order valence-corrected chi connectivity index (χ2v) is 5.43. The Hall–Kier alpha value is -1.65. The molecule has 2 nitrogen and oxygen atoms in total. The second kappa shape index (κ2) is 5.04. The highest BCUT2D eigenvalue weighted by atomic mass is 79.9. The van der Waals surface area contributed by atoms with Crippen molar-refractivity contribution < 1.29 is 13.6 Å². The van der Waals surface area contributed by atoms with Gasteiger partial charge in [-0.2, -0.15) is 0 Å². The fourth-order valence-corrected chi connectivity index (χ4v) is 2.47. The summed E-state index contributed by atoms with van der Waals surface area (Å²) in [6.45, 7) is 0. The minimum Gasteiger partial charge on any atom is -0.464 e. The Kier molecular flexibility index (Phi) is 3.36. The van der Waals surface area contributed by atoms with Crippen molar-refractivity contribution in [2.45, 2.75) is 0 Å². The fourth-order valence-electron chi connectivity index (χ4n) is 2.00. The van der Waals surface area contributed by atoms with Gasteiger partial charge >= 0.3 is 0 Å². The lowest BCUT2D eigenvalue weighted by Gasteiger charge is -2.04. The average molecular weight is 354 g/mol. The summed E-state index contributed by atoms with van der Waals surface area (Å²) in [7, 11) is 0. The van der Waals surface area contributed by atoms with Gasteiger partial charge in [-0.05, 0) is 34.1 Å². The number of carbonyl (C=O) groups excluding carboxylic acids is 1. The maximum atomic E-state index is 14.1. The Balaban J connectivity index is 2.16. The molecule has 0 amide bonds. The molecule has 0 radical (unpaired) electrons. The van der Waals surface area contributed by atoms with Crippen molar-refractivity contribution in [1.82, 2.24) is 0 Å². The van der Waals surface area contributed by atoms with Crippen LogP contribution in [0, 0.1) is 5.82 Å². The van der Waals surface area contributed by atoms with E-state index in [4.69, 9.17) is 16.0 Å². The van der Waals surface area contributed by atoms with Crippen molar-refractivity contribution in [3.05, 3.63) is 69.1 Å². The third-order valence-electron chi connectivity index (χ3n) is 3.01. The van der Waals surface area contributed by atoms with E-state index in [-0.39, 0.29) is 10.6 Å². The molecular weight excluding hydrogens is 347 g/mol. The van der Waals surface area contributed by atoms with Gasteiger partial charge in [-0.3, -0.25) is 4.79 Å². The predicted octanol–water partition coefficient (Wildman–Crippen LogP) is 5.22. The van der Waals surface area contributed by atoms with Crippen LogP contribution in [0.15, 0.2) is 51.6 Å². The van der Waals surface area contributed by atoms with Crippen molar-refractivity contribution >= 4 is 44.3 Å². The molecule has 0 saturated heterocycles. The maximum absolute atomic E-state index is 14.1. The minimum atomic E-state index is -0.740. The van der Waals surface area contributed by atoms with E-state index < -0.39 is 11.6 Å². The lowest BCUT2D eigenvalue weighted by molar-refractivity contribution is 0.103. The molecule has 0 saturated carbocycles. The Morgan fingerprint density at radius 2 is 1.90 bits per heavy atom. The van der Waals surface area contributed by atoms with Crippen LogP contribution in [0.25, 0.3) is 11.0 Å². The fraction of sp³-hybridized carbons (Fsp3) is 0. The number of benzene rings is 2. The molecular formula is C15H7BrClFO2. The molecule has 0 aliphatic carbocycles. The highest BCUT2D eigenvalue weighted by Gasteiger charge is 2.21. The molecule has 100 valence electrons. The quantitative estimate of drug-likeness (QED) is 0.467. The van der Waals surface area contributed by atoms with E-state index in [0.29, 0.717) is 21.0 Å². The molecule has 0 bridgehead atoms. The van der Waals surface area contributed by atoms with Gasteiger partial charge in [0.05, 0.1) is 16.1 Å². The van der Waals surface area contributed by atoms with Gasteiger partial charge in [0.1, 0.15) is 11.8 Å². The van der Waals surface area contributed by atoms with Gasteiger partial charge in [0.2, 0.25) is 0 Å². The highest BCUT2D eigenvalue weighted by molar-refractivity contribution is 9.10. The van der Waals surface area contributed by atoms with Gasteiger partial charge in [-0.25, -0.2) is 4.39 Å². The van der Waals surface area contributed by atoms with Crippen molar-refractivity contribution in [1.29, 1.82) is 0 Å². The van der Waals surface area contributed by atoms with Gasteiger partial charge < -0.3 is 4.42 Å². The van der Waals surface area contributed by atoms with Crippen LogP contribution in [-0.4, -0.2) is 5.78 Å². The van der Waals surface area contributed by atoms with Crippen LogP contribution in [0.1, 0.15) is 15.9 Å². The normalized spacial score (nSPS) is 10.9. The summed E-state index contributed by atoms with van der Waals surface area (Å²) in [5.74, 6) is -1.20. The Bertz CT molecular complexity index is 826. The molecule has 0 aliphatic rings. The third kappa shape index (κ3) is 2.05. The molecule has 0 N–H and O–H groups in total. The van der Waals surface area contributed by atoms with Gasteiger partial charge in [-0.15, -0.1) is 0 Å². The lowest BCUT2D eigenvalue weighted by atomic mass is 10.0. The van der Waals surface area contributed by atoms with E-state index in [1.54, 1.807) is 30.3 Å². The van der Waals surface area contributed by atoms with Crippen molar-refractivity contribution in [3.8, 4) is 0 Å². The van der Waals surface area contributed by atoms with Gasteiger partial charge in [0.25, 0.3) is 0 Å². The number of furan rings is 1. The van der Waals surface area contributed by atoms with Crippen molar-refractivity contribution in [2.24, 2.45) is 0 Å². The Morgan fingerprint density at radius 3 is 2.70 bits per heavy atom. The van der Waals surface area contributed by atoms with E-state index in [0.717, 1.165) is 0 Å². The first-order chi connectivity index (χ1) is 9.59. The third-order valence-corrected chi connectivity index (χ3v) is 4.26. The predicted molar refractivity (Wildman–Crippen MR) is 78.8 cm³/mol. The molecule has 3 aromatic rings. The van der Waals surface area contributed by atoms with Gasteiger partial charge in [-0.1, -0.05) is 29.8 Å². The van der Waals surface area contributed by atoms with E-state index >= 15 is 0 Å². The monoisotopic (exact) mass is 352 g/mol. The smallest absolute Gasteiger partial charge is 0.199 e. The maximum Gasteiger partial charge on any atom is 0.199 e. The van der Waals surface area contributed by atoms with Crippen molar-refractivity contribution in [3.63, 3.8) is 0 Å². The van der Waals surface area contributed by atoms with Crippen LogP contribution in [0.5, 0.6) is 0 Å². The molecule has 0 spiro atoms. The number of halogens is 3. The molecule has 0 unspecified atom stereocenters. The van der Waals surface area contributed by atoms with Crippen molar-refractivity contribution in [2.75, 3.05) is 0 Å². The first kappa shape index (κ1) is 13.3. The van der Waals surface area contributed by atoms with Crippen LogP contribution < -0.4 is 0 Å². The Labute approximate surface area is 127 Å². The SMILES string of the molecule is O=C(c1ccc(Br)c(Cl)c1F)c1coc2ccccc12. The number of hydrogen-bond acceptors (Lipinski definition) is 2. The van der Waals surface area contributed by atoms with E-state index in [2.05, 4.69) is 15.9 Å². The summed E-state index contributed by atoms with van der Waals surface area (Å²) in [6.07, 6.45) is 1.34. The first-order valence-electron chi connectivity index (χ1n) is 5.74. The zero-order valence-corrected chi connectivity index (χ0v) is 12.3. The van der Waals surface area contributed by atoms with Crippen LogP contribution in [0.4, 0.5) is 4.39 Å². The molecule has 1 aromatic heterocycles. The summed E-state index contributed by atoms with van der Waals surface area (Å²) in [6, 6.07) is 10.0. The van der Waals surface area contributed by atoms with E-state index in [1.165, 1.54) is 12.3 Å². The average Bonchev–Trinajstić information content (AvgIpc) is 2.88. The van der Waals surface area contributed by atoms with E-state index in [9.17, 15) is 9.18 Å². The summed E-state index contributed by atoms with van der Waals surface area (Å²) >= 11 is 8.93. The van der Waals surface area contributed by atoms with Gasteiger partial charge in [0, 0.05) is 9.86 Å². The number of carbonyl (C=O) groups is 1. The van der Waals surface area contributed by atoms with Crippen LogP contribution in [0.3, 0.4) is 0 Å². The van der Waals surface area contributed by atoms with Crippen LogP contribution in [0.2, 0.25) is 5.02 Å². The number of fused-ring (bicyclic) bond motifs is 1. The standard InChI is InChI=1S/C15H7BrClFO2/c16-11-6-5-9(14(18)13(11)17)15(19)10-7-20-12-4-2-1-3-8(10)12/h1-7H. The summed E-state index contributed by atoms with van der Waals surface area (Å²) in [5.41, 5.74) is 0.821. The van der Waals surface area contributed by atoms with Gasteiger partial charge in [0.15, 0.2) is 11.6 Å². The summed E-state index contributed by atoms with van der Waals surface area (Å²) in [4.78, 5) is 12.4. The topological polar surface area (TPSA) is 30.2 Å². The molecule has 2 aromatic carbocycles. The molecule has 1 heterocycles. The van der Waals surface area contributed by atoms with Crippen LogP contribution >= 0.6 is 27.5 Å². The highest BCUT2D eigenvalue weighted by Crippen LogP contribution is 2.30. The molecule has 3 rings (SSSR count). The van der Waals surface area contributed by atoms with Crippen LogP contribution in [-0.2, 0) is 0 Å². The summed E-state index contributed by atoms with van der Waals surface area (Å²) in [5, 5.41) is 0.541. The molecule has 0 fully saturated rings. The summed E-state index contributed by atoms with van der Waals surface area (Å²) < 4.78 is 19.8. The Morgan fingerprint density at radius 1 is 1.15 bits per heavy atom. The molecule has 20 heavy (non-hydrogen) atoms. The zero-order valence-electron chi connectivity index (χ0n) is 9.99. The van der Waals surface area contributed by atoms with E-state index in [1.807, 2.05) is 0 Å². The largest absolute Gasteiger partial charge is 0.464 e. The number of para-hydroxylation sites is 1. The lowest BCUT2D eigenvalue weighted by Crippen LogP contribution is -2.04. The molecule has 0 atom stereocenters.